The molecule has 9 heteroatoms. The number of imide groups is 1. The SMILES string of the molecule is O=C(O)CCCCN1CCC2(CC1)COc1c2ccc2c1CN([C@H]1CCC(=O)NC1=O)C2=O. The molecule has 2 N–H and O–H groups in total. The van der Waals surface area contributed by atoms with Gasteiger partial charge in [0.05, 0.1) is 13.2 Å². The number of benzene rings is 1. The minimum Gasteiger partial charge on any atom is -0.492 e. The zero-order valence-electron chi connectivity index (χ0n) is 18.6. The molecular weight excluding hydrogens is 426 g/mol. The van der Waals surface area contributed by atoms with E-state index in [4.69, 9.17) is 9.84 Å². The highest BCUT2D eigenvalue weighted by Gasteiger charge is 2.47. The number of nitrogens with one attached hydrogen (secondary N) is 1. The predicted molar refractivity (Wildman–Crippen MR) is 117 cm³/mol. The maximum atomic E-state index is 13.1. The zero-order chi connectivity index (χ0) is 23.2. The predicted octanol–water partition coefficient (Wildman–Crippen LogP) is 1.43. The third kappa shape index (κ3) is 3.88. The molecule has 1 aromatic carbocycles. The van der Waals surface area contributed by atoms with Gasteiger partial charge in [-0.05, 0) is 57.8 Å². The molecule has 4 heterocycles. The van der Waals surface area contributed by atoms with Gasteiger partial charge in [0.2, 0.25) is 11.8 Å². The molecule has 5 rings (SSSR count). The summed E-state index contributed by atoms with van der Waals surface area (Å²) in [5.74, 6) is -0.819. The third-order valence-corrected chi connectivity index (χ3v) is 7.66. The summed E-state index contributed by atoms with van der Waals surface area (Å²) >= 11 is 0. The van der Waals surface area contributed by atoms with Crippen molar-refractivity contribution in [3.63, 3.8) is 0 Å². The van der Waals surface area contributed by atoms with Crippen LogP contribution in [0.1, 0.15) is 66.4 Å². The van der Waals surface area contributed by atoms with Crippen LogP contribution in [0.4, 0.5) is 0 Å². The first-order valence-corrected chi connectivity index (χ1v) is 11.8. The number of unbranched alkanes of at least 4 members (excludes halogenated alkanes) is 1. The fraction of sp³-hybridized carbons (Fsp3) is 0.583. The van der Waals surface area contributed by atoms with Gasteiger partial charge in [-0.15, -0.1) is 0 Å². The average Bonchev–Trinajstić information content (AvgIpc) is 3.31. The lowest BCUT2D eigenvalue weighted by molar-refractivity contribution is -0.138. The van der Waals surface area contributed by atoms with Crippen molar-refractivity contribution in [1.29, 1.82) is 0 Å². The normalized spacial score (nSPS) is 23.9. The van der Waals surface area contributed by atoms with Gasteiger partial charge >= 0.3 is 5.97 Å². The number of hydrogen-bond donors (Lipinski definition) is 2. The van der Waals surface area contributed by atoms with Gasteiger partial charge in [-0.1, -0.05) is 6.07 Å². The molecule has 33 heavy (non-hydrogen) atoms. The smallest absolute Gasteiger partial charge is 0.303 e. The number of carbonyl (C=O) groups is 4. The van der Waals surface area contributed by atoms with Crippen molar-refractivity contribution in [1.82, 2.24) is 15.1 Å². The van der Waals surface area contributed by atoms with Gasteiger partial charge in [0.15, 0.2) is 0 Å². The molecule has 0 saturated carbocycles. The summed E-state index contributed by atoms with van der Waals surface area (Å²) < 4.78 is 6.21. The van der Waals surface area contributed by atoms with Gasteiger partial charge < -0.3 is 19.6 Å². The number of rotatable bonds is 6. The highest BCUT2D eigenvalue weighted by atomic mass is 16.5. The van der Waals surface area contributed by atoms with Gasteiger partial charge in [-0.3, -0.25) is 24.5 Å². The van der Waals surface area contributed by atoms with Crippen molar-refractivity contribution in [2.45, 2.75) is 62.9 Å². The number of likely N-dealkylation sites (tertiary alicyclic amines) is 1. The van der Waals surface area contributed by atoms with E-state index in [1.165, 1.54) is 0 Å². The largest absolute Gasteiger partial charge is 0.492 e. The molecule has 2 saturated heterocycles. The summed E-state index contributed by atoms with van der Waals surface area (Å²) in [6.07, 6.45) is 4.31. The van der Waals surface area contributed by atoms with Gasteiger partial charge in [0.25, 0.3) is 5.91 Å². The molecule has 0 radical (unpaired) electrons. The van der Waals surface area contributed by atoms with Crippen molar-refractivity contribution in [3.8, 4) is 5.75 Å². The molecule has 0 bridgehead atoms. The van der Waals surface area contributed by atoms with Gasteiger partial charge in [0.1, 0.15) is 11.8 Å². The number of aliphatic carboxylic acids is 1. The molecule has 4 aliphatic rings. The molecule has 0 unspecified atom stereocenters. The summed E-state index contributed by atoms with van der Waals surface area (Å²) in [6, 6.07) is 3.27. The number of fused-ring (bicyclic) bond motifs is 4. The number of nitrogens with zero attached hydrogens (tertiary/aromatic N) is 2. The van der Waals surface area contributed by atoms with E-state index in [2.05, 4.69) is 10.2 Å². The monoisotopic (exact) mass is 455 g/mol. The summed E-state index contributed by atoms with van der Waals surface area (Å²) in [4.78, 5) is 51.6. The van der Waals surface area contributed by atoms with E-state index in [0.29, 0.717) is 31.6 Å². The molecule has 0 aromatic heterocycles. The first kappa shape index (κ1) is 21.9. The maximum absolute atomic E-state index is 13.1. The Kier molecular flexibility index (Phi) is 5.60. The van der Waals surface area contributed by atoms with Crippen LogP contribution in [0.15, 0.2) is 12.1 Å². The van der Waals surface area contributed by atoms with E-state index in [0.717, 1.165) is 55.8 Å². The highest BCUT2D eigenvalue weighted by molar-refractivity contribution is 6.05. The van der Waals surface area contributed by atoms with E-state index < -0.39 is 17.9 Å². The van der Waals surface area contributed by atoms with E-state index >= 15 is 0 Å². The molecule has 9 nitrogen and oxygen atoms in total. The number of amides is 3. The van der Waals surface area contributed by atoms with Crippen LogP contribution in [0.5, 0.6) is 5.75 Å². The maximum Gasteiger partial charge on any atom is 0.303 e. The Labute approximate surface area is 192 Å². The van der Waals surface area contributed by atoms with Gasteiger partial charge in [-0.25, -0.2) is 0 Å². The first-order chi connectivity index (χ1) is 15.9. The lowest BCUT2D eigenvalue weighted by Crippen LogP contribution is -2.52. The summed E-state index contributed by atoms with van der Waals surface area (Å²) in [5.41, 5.74) is 2.54. The molecular formula is C24H29N3O6. The van der Waals surface area contributed by atoms with Crippen LogP contribution in [0.3, 0.4) is 0 Å². The summed E-state index contributed by atoms with van der Waals surface area (Å²) in [7, 11) is 0. The molecule has 1 aromatic rings. The van der Waals surface area contributed by atoms with Crippen LogP contribution in [-0.4, -0.2) is 70.9 Å². The van der Waals surface area contributed by atoms with Crippen LogP contribution in [0.25, 0.3) is 0 Å². The lowest BCUT2D eigenvalue weighted by Gasteiger charge is -2.38. The van der Waals surface area contributed by atoms with E-state index in [1.807, 2.05) is 12.1 Å². The number of carboxylic acids is 1. The number of hydrogen-bond acceptors (Lipinski definition) is 6. The third-order valence-electron chi connectivity index (χ3n) is 7.66. The summed E-state index contributed by atoms with van der Waals surface area (Å²) in [6.45, 7) is 3.72. The van der Waals surface area contributed by atoms with E-state index in [9.17, 15) is 19.2 Å². The standard InChI is InChI=1S/C24H29N3O6/c28-19-7-6-18(22(31)25-19)27-13-16-15(23(27)32)4-5-17-21(16)33-14-24(17)8-11-26(12-9-24)10-2-1-3-20(29)30/h4-5,18H,1-3,6-14H2,(H,29,30)(H,25,28,31)/t18-/m0/s1. The molecule has 1 atom stereocenters. The Bertz CT molecular complexity index is 1010. The van der Waals surface area contributed by atoms with Crippen LogP contribution >= 0.6 is 0 Å². The second-order valence-electron chi connectivity index (χ2n) is 9.63. The van der Waals surface area contributed by atoms with Gasteiger partial charge in [0, 0.05) is 34.9 Å². The lowest BCUT2D eigenvalue weighted by atomic mass is 9.74. The van der Waals surface area contributed by atoms with E-state index in [-0.39, 0.29) is 30.1 Å². The van der Waals surface area contributed by atoms with Crippen LogP contribution in [0.2, 0.25) is 0 Å². The van der Waals surface area contributed by atoms with Crippen LogP contribution < -0.4 is 10.1 Å². The minimum atomic E-state index is -0.741. The second-order valence-corrected chi connectivity index (χ2v) is 9.63. The minimum absolute atomic E-state index is 0.0625. The molecule has 0 aliphatic carbocycles. The Hall–Kier alpha value is -2.94. The van der Waals surface area contributed by atoms with Crippen molar-refractivity contribution in [2.24, 2.45) is 0 Å². The molecule has 4 aliphatic heterocycles. The fourth-order valence-corrected chi connectivity index (χ4v) is 5.71. The first-order valence-electron chi connectivity index (χ1n) is 11.8. The molecule has 3 amide bonds. The highest BCUT2D eigenvalue weighted by Crippen LogP contribution is 2.49. The molecule has 176 valence electrons. The fourth-order valence-electron chi connectivity index (χ4n) is 5.71. The quantitative estimate of drug-likeness (QED) is 0.492. The average molecular weight is 456 g/mol. The van der Waals surface area contributed by atoms with Crippen molar-refractivity contribution >= 4 is 23.7 Å². The Morgan fingerprint density at radius 2 is 1.97 bits per heavy atom. The number of carboxylic acid groups (broad SMARTS) is 1. The van der Waals surface area contributed by atoms with E-state index in [1.54, 1.807) is 4.90 Å². The topological polar surface area (TPSA) is 116 Å². The Balaban J connectivity index is 1.27. The Morgan fingerprint density at radius 1 is 1.18 bits per heavy atom. The number of piperidine rings is 2. The second kappa shape index (κ2) is 8.44. The van der Waals surface area contributed by atoms with Crippen molar-refractivity contribution < 1.29 is 29.0 Å². The number of ether oxygens (including phenoxy) is 1. The van der Waals surface area contributed by atoms with Crippen LogP contribution in [0, 0.1) is 0 Å². The van der Waals surface area contributed by atoms with Crippen molar-refractivity contribution in [2.75, 3.05) is 26.2 Å². The van der Waals surface area contributed by atoms with Crippen molar-refractivity contribution in [3.05, 3.63) is 28.8 Å². The number of carbonyl (C=O) groups excluding carboxylic acids is 3. The summed E-state index contributed by atoms with van der Waals surface area (Å²) in [5, 5.41) is 11.1. The molecule has 2 fully saturated rings. The van der Waals surface area contributed by atoms with Crippen LogP contribution in [-0.2, 0) is 26.3 Å². The molecule has 1 spiro atoms. The van der Waals surface area contributed by atoms with Gasteiger partial charge in [-0.2, -0.15) is 0 Å². The Morgan fingerprint density at radius 3 is 2.70 bits per heavy atom. The zero-order valence-corrected chi connectivity index (χ0v) is 18.6.